The predicted octanol–water partition coefficient (Wildman–Crippen LogP) is 3.93. The zero-order valence-corrected chi connectivity index (χ0v) is 16.2. The summed E-state index contributed by atoms with van der Waals surface area (Å²) in [5, 5.41) is 7.25. The van der Waals surface area contributed by atoms with Crippen LogP contribution in [-0.4, -0.2) is 27.8 Å². The first-order chi connectivity index (χ1) is 14.7. The average molecular weight is 394 g/mol. The van der Waals surface area contributed by atoms with E-state index in [0.717, 1.165) is 11.3 Å². The van der Waals surface area contributed by atoms with Crippen molar-refractivity contribution < 1.29 is 9.53 Å². The molecule has 0 spiro atoms. The van der Waals surface area contributed by atoms with Gasteiger partial charge in [-0.3, -0.25) is 4.79 Å². The van der Waals surface area contributed by atoms with Crippen molar-refractivity contribution in [2.45, 2.75) is 0 Å². The highest BCUT2D eigenvalue weighted by Gasteiger charge is 2.18. The third kappa shape index (κ3) is 4.37. The van der Waals surface area contributed by atoms with Crippen LogP contribution in [0.15, 0.2) is 85.2 Å². The lowest BCUT2D eigenvalue weighted by molar-refractivity contribution is 0.101. The Balaban J connectivity index is 1.55. The number of carbonyl (C=O) groups is 1. The first-order valence-electron chi connectivity index (χ1n) is 9.26. The van der Waals surface area contributed by atoms with Crippen molar-refractivity contribution in [3.05, 3.63) is 102 Å². The van der Waals surface area contributed by atoms with Crippen LogP contribution < -0.4 is 10.1 Å². The van der Waals surface area contributed by atoms with Gasteiger partial charge in [0.1, 0.15) is 5.69 Å². The normalized spacial score (nSPS) is 10.0. The minimum absolute atomic E-state index is 0.200. The Morgan fingerprint density at radius 1 is 1.00 bits per heavy atom. The van der Waals surface area contributed by atoms with Crippen LogP contribution in [-0.2, 0) is 0 Å². The van der Waals surface area contributed by atoms with Crippen molar-refractivity contribution in [1.82, 2.24) is 14.8 Å². The molecule has 1 amide bonds. The van der Waals surface area contributed by atoms with E-state index in [2.05, 4.69) is 27.2 Å². The molecule has 0 bridgehead atoms. The molecule has 0 atom stereocenters. The highest BCUT2D eigenvalue weighted by molar-refractivity contribution is 6.04. The number of anilines is 1. The summed E-state index contributed by atoms with van der Waals surface area (Å²) in [7, 11) is 1.51. The van der Waals surface area contributed by atoms with Gasteiger partial charge in [-0.05, 0) is 48.4 Å². The fraction of sp³-hybridized carbons (Fsp3) is 0.0417. The Labute approximate surface area is 174 Å². The maximum Gasteiger partial charge on any atom is 0.280 e. The second-order valence-corrected chi connectivity index (χ2v) is 6.33. The number of aromatic nitrogens is 3. The van der Waals surface area contributed by atoms with Gasteiger partial charge in [-0.15, -0.1) is 0 Å². The Morgan fingerprint density at radius 3 is 2.60 bits per heavy atom. The summed E-state index contributed by atoms with van der Waals surface area (Å²) < 4.78 is 6.96. The number of pyridine rings is 1. The number of carbonyl (C=O) groups excluding carboxylic acids is 1. The number of benzene rings is 2. The predicted molar refractivity (Wildman–Crippen MR) is 115 cm³/mol. The quantitative estimate of drug-likeness (QED) is 0.533. The summed E-state index contributed by atoms with van der Waals surface area (Å²) in [6.45, 7) is 0. The molecule has 6 nitrogen and oxygen atoms in total. The Bertz CT molecular complexity index is 1220. The maximum absolute atomic E-state index is 12.8. The number of amides is 1. The number of methoxy groups -OCH3 is 1. The van der Waals surface area contributed by atoms with Crippen molar-refractivity contribution in [2.24, 2.45) is 0 Å². The minimum Gasteiger partial charge on any atom is -0.493 e. The molecule has 0 saturated heterocycles. The van der Waals surface area contributed by atoms with Gasteiger partial charge >= 0.3 is 0 Å². The topological polar surface area (TPSA) is 69.0 Å². The molecular formula is C24H18N4O2. The van der Waals surface area contributed by atoms with Gasteiger partial charge in [-0.2, -0.15) is 5.10 Å². The van der Waals surface area contributed by atoms with E-state index in [9.17, 15) is 4.79 Å². The zero-order chi connectivity index (χ0) is 20.8. The van der Waals surface area contributed by atoms with Gasteiger partial charge in [0.05, 0.1) is 19.0 Å². The molecule has 0 radical (unpaired) electrons. The molecule has 146 valence electrons. The Kier molecular flexibility index (Phi) is 5.54. The molecule has 0 saturated carbocycles. The average Bonchev–Trinajstić information content (AvgIpc) is 3.24. The van der Waals surface area contributed by atoms with Gasteiger partial charge in [0.15, 0.2) is 11.4 Å². The van der Waals surface area contributed by atoms with E-state index in [4.69, 9.17) is 4.74 Å². The van der Waals surface area contributed by atoms with Gasteiger partial charge in [0.25, 0.3) is 5.91 Å². The largest absolute Gasteiger partial charge is 0.493 e. The van der Waals surface area contributed by atoms with Crippen LogP contribution >= 0.6 is 0 Å². The van der Waals surface area contributed by atoms with Crippen LogP contribution in [0.3, 0.4) is 0 Å². The molecule has 1 N–H and O–H groups in total. The smallest absolute Gasteiger partial charge is 0.280 e. The van der Waals surface area contributed by atoms with Crippen molar-refractivity contribution in [1.29, 1.82) is 0 Å². The number of nitrogens with one attached hydrogen (secondary N) is 1. The number of hydrogen-bond acceptors (Lipinski definition) is 4. The lowest BCUT2D eigenvalue weighted by atomic mass is 10.2. The zero-order valence-electron chi connectivity index (χ0n) is 16.2. The molecule has 0 aliphatic heterocycles. The SMILES string of the molecule is COc1cn(-c2ccccc2)nc1C(=O)Nc1cccc(C#Cc2ccccn2)c1. The second-order valence-electron chi connectivity index (χ2n) is 6.33. The maximum atomic E-state index is 12.8. The van der Waals surface area contributed by atoms with Crippen LogP contribution in [0.4, 0.5) is 5.69 Å². The summed E-state index contributed by atoms with van der Waals surface area (Å²) >= 11 is 0. The third-order valence-electron chi connectivity index (χ3n) is 4.26. The molecule has 0 aliphatic carbocycles. The fourth-order valence-electron chi connectivity index (χ4n) is 2.82. The number of ether oxygens (including phenoxy) is 1. The van der Waals surface area contributed by atoms with Gasteiger partial charge in [-0.1, -0.05) is 36.3 Å². The van der Waals surface area contributed by atoms with Gasteiger partial charge in [0, 0.05) is 17.4 Å². The number of nitrogens with zero attached hydrogens (tertiary/aromatic N) is 3. The third-order valence-corrected chi connectivity index (χ3v) is 4.26. The fourth-order valence-corrected chi connectivity index (χ4v) is 2.82. The molecule has 6 heteroatoms. The summed E-state index contributed by atoms with van der Waals surface area (Å²) in [4.78, 5) is 17.0. The highest BCUT2D eigenvalue weighted by Crippen LogP contribution is 2.21. The molecule has 2 aromatic carbocycles. The van der Waals surface area contributed by atoms with Gasteiger partial charge in [0.2, 0.25) is 0 Å². The van der Waals surface area contributed by atoms with Crippen molar-refractivity contribution in [2.75, 3.05) is 12.4 Å². The molecule has 0 unspecified atom stereocenters. The highest BCUT2D eigenvalue weighted by atomic mass is 16.5. The second kappa shape index (κ2) is 8.76. The lowest BCUT2D eigenvalue weighted by Gasteiger charge is -2.05. The van der Waals surface area contributed by atoms with E-state index in [1.54, 1.807) is 29.2 Å². The van der Waals surface area contributed by atoms with Crippen molar-refractivity contribution >= 4 is 11.6 Å². The number of hydrogen-bond donors (Lipinski definition) is 1. The van der Waals surface area contributed by atoms with E-state index < -0.39 is 0 Å². The molecule has 0 fully saturated rings. The first-order valence-corrected chi connectivity index (χ1v) is 9.26. The summed E-state index contributed by atoms with van der Waals surface area (Å²) in [5.74, 6) is 6.08. The Morgan fingerprint density at radius 2 is 1.83 bits per heavy atom. The Hall–Kier alpha value is -4.37. The van der Waals surface area contributed by atoms with Gasteiger partial charge < -0.3 is 10.1 Å². The summed E-state index contributed by atoms with van der Waals surface area (Å²) in [6.07, 6.45) is 3.38. The molecular weight excluding hydrogens is 376 g/mol. The van der Waals surface area contributed by atoms with E-state index in [1.165, 1.54) is 7.11 Å². The van der Waals surface area contributed by atoms with Crippen LogP contribution in [0, 0.1) is 11.8 Å². The van der Waals surface area contributed by atoms with Crippen molar-refractivity contribution in [3.63, 3.8) is 0 Å². The molecule has 2 aromatic heterocycles. The van der Waals surface area contributed by atoms with Crippen LogP contribution in [0.5, 0.6) is 5.75 Å². The standard InChI is InChI=1S/C24H18N4O2/c1-30-22-17-28(21-11-3-2-4-12-21)27-23(22)24(29)26-20-10-7-8-18(16-20)13-14-19-9-5-6-15-25-19/h2-12,15-17H,1H3,(H,26,29). The van der Waals surface area contributed by atoms with Crippen molar-refractivity contribution in [3.8, 4) is 23.3 Å². The van der Waals surface area contributed by atoms with E-state index >= 15 is 0 Å². The molecule has 30 heavy (non-hydrogen) atoms. The monoisotopic (exact) mass is 394 g/mol. The first kappa shape index (κ1) is 19.0. The van der Waals surface area contributed by atoms with E-state index in [1.807, 2.05) is 60.7 Å². The number of rotatable bonds is 4. The molecule has 4 aromatic rings. The number of para-hydroxylation sites is 1. The minimum atomic E-state index is -0.364. The van der Waals surface area contributed by atoms with Gasteiger partial charge in [-0.25, -0.2) is 9.67 Å². The van der Waals surface area contributed by atoms with E-state index in [0.29, 0.717) is 17.1 Å². The lowest BCUT2D eigenvalue weighted by Crippen LogP contribution is -2.14. The molecule has 2 heterocycles. The molecule has 0 aliphatic rings. The van der Waals surface area contributed by atoms with Crippen LogP contribution in [0.25, 0.3) is 5.69 Å². The van der Waals surface area contributed by atoms with E-state index in [-0.39, 0.29) is 11.6 Å². The summed E-state index contributed by atoms with van der Waals surface area (Å²) in [6, 6.07) is 22.4. The summed E-state index contributed by atoms with van der Waals surface area (Å²) in [5.41, 5.74) is 3.10. The van der Waals surface area contributed by atoms with Crippen LogP contribution in [0.1, 0.15) is 21.7 Å². The molecule has 4 rings (SSSR count). The van der Waals surface area contributed by atoms with Crippen LogP contribution in [0.2, 0.25) is 0 Å².